The van der Waals surface area contributed by atoms with Gasteiger partial charge in [0.25, 0.3) is 0 Å². The monoisotopic (exact) mass is 304 g/mol. The van der Waals surface area contributed by atoms with E-state index >= 15 is 0 Å². The molecule has 3 nitrogen and oxygen atoms in total. The van der Waals surface area contributed by atoms with Crippen LogP contribution >= 0.6 is 0 Å². The Morgan fingerprint density at radius 2 is 1.68 bits per heavy atom. The molecule has 0 aliphatic carbocycles. The molecule has 0 saturated heterocycles. The number of hydrogen-bond donors (Lipinski definition) is 0. The summed E-state index contributed by atoms with van der Waals surface area (Å²) in [6.07, 6.45) is 11.4. The fraction of sp³-hybridized carbons (Fsp3) is 0.526. The fourth-order valence-corrected chi connectivity index (χ4v) is 2.21. The molecule has 0 radical (unpaired) electrons. The maximum absolute atomic E-state index is 11.1. The molecule has 0 heterocycles. The number of ether oxygens (including phenoxy) is 2. The van der Waals surface area contributed by atoms with Crippen LogP contribution in [0.15, 0.2) is 36.9 Å². The van der Waals surface area contributed by atoms with E-state index in [-0.39, 0.29) is 0 Å². The molecule has 0 saturated carbocycles. The van der Waals surface area contributed by atoms with Gasteiger partial charge in [0.2, 0.25) is 0 Å². The SMILES string of the molecule is C=CC(=O)Oc1cccc(OCCCCCCCCCC)c1. The lowest BCUT2D eigenvalue weighted by molar-refractivity contribution is -0.128. The van der Waals surface area contributed by atoms with E-state index in [1.807, 2.05) is 12.1 Å². The Hall–Kier alpha value is -1.77. The van der Waals surface area contributed by atoms with Crippen molar-refractivity contribution in [2.24, 2.45) is 0 Å². The third-order valence-corrected chi connectivity index (χ3v) is 3.46. The number of hydrogen-bond acceptors (Lipinski definition) is 3. The van der Waals surface area contributed by atoms with E-state index < -0.39 is 5.97 Å². The van der Waals surface area contributed by atoms with Crippen LogP contribution in [0.3, 0.4) is 0 Å². The maximum Gasteiger partial charge on any atom is 0.335 e. The van der Waals surface area contributed by atoms with Crippen molar-refractivity contribution in [3.63, 3.8) is 0 Å². The van der Waals surface area contributed by atoms with Crippen molar-refractivity contribution in [2.45, 2.75) is 58.3 Å². The number of rotatable bonds is 12. The molecule has 0 spiro atoms. The van der Waals surface area contributed by atoms with Crippen molar-refractivity contribution in [2.75, 3.05) is 6.61 Å². The highest BCUT2D eigenvalue weighted by molar-refractivity contribution is 5.83. The molecule has 1 aromatic carbocycles. The van der Waals surface area contributed by atoms with E-state index in [1.54, 1.807) is 12.1 Å². The Labute approximate surface area is 134 Å². The highest BCUT2D eigenvalue weighted by atomic mass is 16.5. The van der Waals surface area contributed by atoms with Gasteiger partial charge in [0.1, 0.15) is 11.5 Å². The molecule has 0 atom stereocenters. The van der Waals surface area contributed by atoms with Crippen LogP contribution in [0.2, 0.25) is 0 Å². The van der Waals surface area contributed by atoms with Gasteiger partial charge in [-0.2, -0.15) is 0 Å². The number of esters is 1. The van der Waals surface area contributed by atoms with Crippen LogP contribution in [0.25, 0.3) is 0 Å². The second-order valence-corrected chi connectivity index (χ2v) is 5.42. The van der Waals surface area contributed by atoms with Crippen molar-refractivity contribution in [3.05, 3.63) is 36.9 Å². The van der Waals surface area contributed by atoms with E-state index in [4.69, 9.17) is 9.47 Å². The Kier molecular flexibility index (Phi) is 9.84. The summed E-state index contributed by atoms with van der Waals surface area (Å²) in [4.78, 5) is 11.1. The summed E-state index contributed by atoms with van der Waals surface area (Å²) in [6.45, 7) is 6.32. The first-order valence-electron chi connectivity index (χ1n) is 8.33. The van der Waals surface area contributed by atoms with Crippen LogP contribution < -0.4 is 9.47 Å². The minimum absolute atomic E-state index is 0.458. The molecule has 22 heavy (non-hydrogen) atoms. The van der Waals surface area contributed by atoms with E-state index in [0.29, 0.717) is 12.4 Å². The Bertz CT molecular complexity index is 440. The molecule has 1 rings (SSSR count). The first-order valence-corrected chi connectivity index (χ1v) is 8.33. The molecule has 0 amide bonds. The predicted octanol–water partition coefficient (Wildman–Crippen LogP) is 5.30. The topological polar surface area (TPSA) is 35.5 Å². The minimum atomic E-state index is -0.458. The molecule has 0 aromatic heterocycles. The molecule has 0 N–H and O–H groups in total. The van der Waals surface area contributed by atoms with E-state index in [2.05, 4.69) is 13.5 Å². The number of carbonyl (C=O) groups is 1. The van der Waals surface area contributed by atoms with Gasteiger partial charge in [-0.25, -0.2) is 4.79 Å². The van der Waals surface area contributed by atoms with Crippen LogP contribution in [0, 0.1) is 0 Å². The van der Waals surface area contributed by atoms with Gasteiger partial charge in [0, 0.05) is 12.1 Å². The zero-order valence-electron chi connectivity index (χ0n) is 13.7. The number of benzene rings is 1. The van der Waals surface area contributed by atoms with Crippen molar-refractivity contribution in [1.29, 1.82) is 0 Å². The normalized spacial score (nSPS) is 10.2. The van der Waals surface area contributed by atoms with Crippen LogP contribution in [0.4, 0.5) is 0 Å². The van der Waals surface area contributed by atoms with Gasteiger partial charge < -0.3 is 9.47 Å². The highest BCUT2D eigenvalue weighted by Crippen LogP contribution is 2.20. The number of carbonyl (C=O) groups excluding carboxylic acids is 1. The van der Waals surface area contributed by atoms with Gasteiger partial charge in [-0.15, -0.1) is 0 Å². The molecule has 0 fully saturated rings. The third-order valence-electron chi connectivity index (χ3n) is 3.46. The highest BCUT2D eigenvalue weighted by Gasteiger charge is 2.01. The van der Waals surface area contributed by atoms with Gasteiger partial charge in [0.15, 0.2) is 0 Å². The molecule has 0 aliphatic heterocycles. The molecule has 0 unspecified atom stereocenters. The summed E-state index contributed by atoms with van der Waals surface area (Å²) in [7, 11) is 0. The van der Waals surface area contributed by atoms with Gasteiger partial charge in [-0.3, -0.25) is 0 Å². The first-order chi connectivity index (χ1) is 10.8. The second kappa shape index (κ2) is 11.8. The van der Waals surface area contributed by atoms with Crippen LogP contribution in [-0.4, -0.2) is 12.6 Å². The summed E-state index contributed by atoms with van der Waals surface area (Å²) < 4.78 is 10.7. The third kappa shape index (κ3) is 8.50. The average Bonchev–Trinajstić information content (AvgIpc) is 2.53. The molecule has 122 valence electrons. The summed E-state index contributed by atoms with van der Waals surface area (Å²) in [6, 6.07) is 7.14. The van der Waals surface area contributed by atoms with Gasteiger partial charge >= 0.3 is 5.97 Å². The zero-order valence-corrected chi connectivity index (χ0v) is 13.7. The van der Waals surface area contributed by atoms with E-state index in [0.717, 1.165) is 18.2 Å². The Balaban J connectivity index is 2.13. The largest absolute Gasteiger partial charge is 0.493 e. The molecule has 0 aliphatic rings. The van der Waals surface area contributed by atoms with Crippen molar-refractivity contribution < 1.29 is 14.3 Å². The van der Waals surface area contributed by atoms with Gasteiger partial charge in [-0.1, -0.05) is 64.5 Å². The summed E-state index contributed by atoms with van der Waals surface area (Å²) in [5.74, 6) is 0.760. The average molecular weight is 304 g/mol. The quantitative estimate of drug-likeness (QED) is 0.227. The summed E-state index contributed by atoms with van der Waals surface area (Å²) in [5, 5.41) is 0. The fourth-order valence-electron chi connectivity index (χ4n) is 2.21. The maximum atomic E-state index is 11.1. The lowest BCUT2D eigenvalue weighted by atomic mass is 10.1. The first kappa shape index (κ1) is 18.3. The predicted molar refractivity (Wildman–Crippen MR) is 90.4 cm³/mol. The zero-order chi connectivity index (χ0) is 16.0. The smallest absolute Gasteiger partial charge is 0.335 e. The van der Waals surface area contributed by atoms with E-state index in [1.165, 1.54) is 44.9 Å². The molecule has 0 bridgehead atoms. The molecular formula is C19H28O3. The Morgan fingerprint density at radius 1 is 1.05 bits per heavy atom. The van der Waals surface area contributed by atoms with Crippen LogP contribution in [0.1, 0.15) is 58.3 Å². The van der Waals surface area contributed by atoms with Crippen molar-refractivity contribution in [1.82, 2.24) is 0 Å². The van der Waals surface area contributed by atoms with Gasteiger partial charge in [0.05, 0.1) is 6.61 Å². The molecule has 3 heteroatoms. The standard InChI is InChI=1S/C19H28O3/c1-3-5-6-7-8-9-10-11-15-21-17-13-12-14-18(16-17)22-19(20)4-2/h4,12-14,16H,2-3,5-11,15H2,1H3. The van der Waals surface area contributed by atoms with Crippen LogP contribution in [0.5, 0.6) is 11.5 Å². The van der Waals surface area contributed by atoms with Crippen molar-refractivity contribution in [3.8, 4) is 11.5 Å². The second-order valence-electron chi connectivity index (χ2n) is 5.42. The molecule has 1 aromatic rings. The lowest BCUT2D eigenvalue weighted by Gasteiger charge is -2.08. The molecular weight excluding hydrogens is 276 g/mol. The van der Waals surface area contributed by atoms with Crippen molar-refractivity contribution >= 4 is 5.97 Å². The summed E-state index contributed by atoms with van der Waals surface area (Å²) in [5.41, 5.74) is 0. The van der Waals surface area contributed by atoms with Crippen LogP contribution in [-0.2, 0) is 4.79 Å². The Morgan fingerprint density at radius 3 is 2.36 bits per heavy atom. The summed E-state index contributed by atoms with van der Waals surface area (Å²) >= 11 is 0. The minimum Gasteiger partial charge on any atom is -0.493 e. The van der Waals surface area contributed by atoms with E-state index in [9.17, 15) is 4.79 Å². The van der Waals surface area contributed by atoms with Gasteiger partial charge in [-0.05, 0) is 18.6 Å². The number of unbranched alkanes of at least 4 members (excludes halogenated alkanes) is 7. The lowest BCUT2D eigenvalue weighted by Crippen LogP contribution is -2.03.